The van der Waals surface area contributed by atoms with Crippen molar-refractivity contribution in [2.75, 3.05) is 25.6 Å². The van der Waals surface area contributed by atoms with Gasteiger partial charge >= 0.3 is 5.97 Å². The van der Waals surface area contributed by atoms with Crippen molar-refractivity contribution in [3.8, 4) is 0 Å². The van der Waals surface area contributed by atoms with Crippen molar-refractivity contribution in [3.05, 3.63) is 41.8 Å². The Morgan fingerprint density at radius 1 is 1.50 bits per heavy atom. The van der Waals surface area contributed by atoms with Crippen molar-refractivity contribution in [3.63, 3.8) is 0 Å². The molecule has 0 aromatic carbocycles. The van der Waals surface area contributed by atoms with E-state index in [9.17, 15) is 4.79 Å². The minimum atomic E-state index is -0.510. The van der Waals surface area contributed by atoms with Gasteiger partial charge in [0.15, 0.2) is 0 Å². The Labute approximate surface area is 126 Å². The van der Waals surface area contributed by atoms with Crippen LogP contribution in [0, 0.1) is 0 Å². The molecule has 0 saturated carbocycles. The van der Waals surface area contributed by atoms with Gasteiger partial charge in [0.1, 0.15) is 24.7 Å². The Morgan fingerprint density at radius 2 is 2.36 bits per heavy atom. The zero-order valence-corrected chi connectivity index (χ0v) is 12.3. The molecular formula is C14H16N4O4. The van der Waals surface area contributed by atoms with Crippen LogP contribution >= 0.6 is 0 Å². The first-order valence-electron chi connectivity index (χ1n) is 6.79. The third-order valence-electron chi connectivity index (χ3n) is 3.35. The van der Waals surface area contributed by atoms with Crippen LogP contribution in [0.5, 0.6) is 0 Å². The molecule has 0 saturated heterocycles. The van der Waals surface area contributed by atoms with E-state index in [1.807, 2.05) is 0 Å². The van der Waals surface area contributed by atoms with Crippen molar-refractivity contribution in [2.24, 2.45) is 0 Å². The average molecular weight is 304 g/mol. The van der Waals surface area contributed by atoms with Gasteiger partial charge in [0.25, 0.3) is 0 Å². The lowest BCUT2D eigenvalue weighted by Gasteiger charge is -2.26. The molecule has 116 valence electrons. The molecule has 0 amide bonds. The van der Waals surface area contributed by atoms with Gasteiger partial charge in [-0.05, 0) is 19.1 Å². The van der Waals surface area contributed by atoms with Gasteiger partial charge in [0, 0.05) is 12.8 Å². The normalized spacial score (nSPS) is 17.1. The predicted octanol–water partition coefficient (Wildman–Crippen LogP) is 1.35. The van der Waals surface area contributed by atoms with E-state index >= 15 is 0 Å². The third kappa shape index (κ3) is 2.48. The molecule has 0 unspecified atom stereocenters. The maximum absolute atomic E-state index is 12.4. The highest BCUT2D eigenvalue weighted by Crippen LogP contribution is 2.35. The minimum absolute atomic E-state index is 0.182. The molecule has 0 spiro atoms. The largest absolute Gasteiger partial charge is 0.467 e. The Kier molecular flexibility index (Phi) is 3.92. The van der Waals surface area contributed by atoms with E-state index in [-0.39, 0.29) is 6.61 Å². The maximum Gasteiger partial charge on any atom is 0.338 e. The zero-order valence-electron chi connectivity index (χ0n) is 12.3. The quantitative estimate of drug-likeness (QED) is 0.658. The first kappa shape index (κ1) is 14.3. The topological polar surface area (TPSA) is 91.4 Å². The standard InChI is InChI=1S/C14H16N4O4/c1-9-11(13(19)22-7-6-20-2)12(10-4-3-5-21-10)18-14(17-9)15-8-16-18/h3-5,8,12H,6-7H2,1-2H3,(H,15,16,17)/t12-/m0/s1. The lowest BCUT2D eigenvalue weighted by molar-refractivity contribution is -0.140. The number of carbonyl (C=O) groups excluding carboxylic acids is 1. The number of aromatic nitrogens is 3. The van der Waals surface area contributed by atoms with Crippen molar-refractivity contribution < 1.29 is 18.7 Å². The number of esters is 1. The molecule has 1 aliphatic heterocycles. The van der Waals surface area contributed by atoms with Gasteiger partial charge in [0.05, 0.1) is 18.4 Å². The number of furan rings is 1. The van der Waals surface area contributed by atoms with Gasteiger partial charge < -0.3 is 19.2 Å². The van der Waals surface area contributed by atoms with E-state index in [1.165, 1.54) is 6.33 Å². The summed E-state index contributed by atoms with van der Waals surface area (Å²) < 4.78 is 17.2. The van der Waals surface area contributed by atoms with Crippen LogP contribution in [0.1, 0.15) is 18.7 Å². The fraction of sp³-hybridized carbons (Fsp3) is 0.357. The number of carbonyl (C=O) groups is 1. The fourth-order valence-corrected chi connectivity index (χ4v) is 2.36. The second-order valence-electron chi connectivity index (χ2n) is 4.74. The maximum atomic E-state index is 12.4. The van der Waals surface area contributed by atoms with Crippen molar-refractivity contribution in [1.82, 2.24) is 14.8 Å². The van der Waals surface area contributed by atoms with Gasteiger partial charge in [-0.3, -0.25) is 0 Å². The van der Waals surface area contributed by atoms with Crippen molar-refractivity contribution >= 4 is 11.9 Å². The Hall–Kier alpha value is -2.61. The average Bonchev–Trinajstić information content (AvgIpc) is 3.16. The van der Waals surface area contributed by atoms with Crippen LogP contribution < -0.4 is 5.32 Å². The second kappa shape index (κ2) is 6.02. The molecule has 0 fully saturated rings. The predicted molar refractivity (Wildman–Crippen MR) is 76.0 cm³/mol. The molecule has 0 bridgehead atoms. The van der Waals surface area contributed by atoms with Crippen LogP contribution in [0.3, 0.4) is 0 Å². The summed E-state index contributed by atoms with van der Waals surface area (Å²) in [4.78, 5) is 16.6. The van der Waals surface area contributed by atoms with E-state index < -0.39 is 12.0 Å². The number of nitrogens with one attached hydrogen (secondary N) is 1. The fourth-order valence-electron chi connectivity index (χ4n) is 2.36. The molecule has 8 nitrogen and oxygen atoms in total. The van der Waals surface area contributed by atoms with Crippen LogP contribution in [0.25, 0.3) is 0 Å². The summed E-state index contributed by atoms with van der Waals surface area (Å²) in [6.07, 6.45) is 2.97. The number of allylic oxidation sites excluding steroid dienone is 1. The van der Waals surface area contributed by atoms with E-state index in [0.29, 0.717) is 29.6 Å². The van der Waals surface area contributed by atoms with Crippen LogP contribution in [-0.2, 0) is 14.3 Å². The highest BCUT2D eigenvalue weighted by Gasteiger charge is 2.35. The van der Waals surface area contributed by atoms with E-state index in [1.54, 1.807) is 37.1 Å². The summed E-state index contributed by atoms with van der Waals surface area (Å²) in [5.41, 5.74) is 1.09. The molecule has 3 heterocycles. The lowest BCUT2D eigenvalue weighted by Crippen LogP contribution is -2.29. The number of fused-ring (bicyclic) bond motifs is 1. The number of rotatable bonds is 5. The summed E-state index contributed by atoms with van der Waals surface area (Å²) in [5, 5.41) is 7.22. The number of hydrogen-bond acceptors (Lipinski definition) is 7. The van der Waals surface area contributed by atoms with E-state index in [4.69, 9.17) is 13.9 Å². The van der Waals surface area contributed by atoms with Crippen molar-refractivity contribution in [1.29, 1.82) is 0 Å². The molecule has 2 aromatic heterocycles. The lowest BCUT2D eigenvalue weighted by atomic mass is 10.0. The number of methoxy groups -OCH3 is 1. The van der Waals surface area contributed by atoms with Gasteiger partial charge in [-0.1, -0.05) is 0 Å². The Bertz CT molecular complexity index is 690. The minimum Gasteiger partial charge on any atom is -0.467 e. The van der Waals surface area contributed by atoms with Gasteiger partial charge in [0.2, 0.25) is 5.95 Å². The Morgan fingerprint density at radius 3 is 3.09 bits per heavy atom. The highest BCUT2D eigenvalue weighted by molar-refractivity contribution is 5.92. The monoisotopic (exact) mass is 304 g/mol. The van der Waals surface area contributed by atoms with Gasteiger partial charge in [-0.2, -0.15) is 10.1 Å². The zero-order chi connectivity index (χ0) is 15.5. The Balaban J connectivity index is 1.96. The van der Waals surface area contributed by atoms with E-state index in [2.05, 4.69) is 15.4 Å². The second-order valence-corrected chi connectivity index (χ2v) is 4.74. The van der Waals surface area contributed by atoms with Crippen LogP contribution in [0.2, 0.25) is 0 Å². The summed E-state index contributed by atoms with van der Waals surface area (Å²) in [6, 6.07) is 3.04. The summed E-state index contributed by atoms with van der Waals surface area (Å²) in [5.74, 6) is 0.697. The van der Waals surface area contributed by atoms with E-state index in [0.717, 1.165) is 0 Å². The molecule has 1 N–H and O–H groups in total. The number of nitrogens with zero attached hydrogens (tertiary/aromatic N) is 3. The van der Waals surface area contributed by atoms with Crippen LogP contribution in [0.4, 0.5) is 5.95 Å². The van der Waals surface area contributed by atoms with Crippen LogP contribution in [-0.4, -0.2) is 41.1 Å². The van der Waals surface area contributed by atoms with Crippen molar-refractivity contribution in [2.45, 2.75) is 13.0 Å². The molecular weight excluding hydrogens is 288 g/mol. The van der Waals surface area contributed by atoms with Gasteiger partial charge in [-0.15, -0.1) is 0 Å². The molecule has 3 rings (SSSR count). The highest BCUT2D eigenvalue weighted by atomic mass is 16.6. The third-order valence-corrected chi connectivity index (χ3v) is 3.35. The number of ether oxygens (including phenoxy) is 2. The molecule has 2 aromatic rings. The van der Waals surface area contributed by atoms with Crippen LogP contribution in [0.15, 0.2) is 40.4 Å². The molecule has 1 atom stereocenters. The smallest absolute Gasteiger partial charge is 0.338 e. The summed E-state index contributed by atoms with van der Waals surface area (Å²) in [6.45, 7) is 2.31. The SMILES string of the molecule is COCCOC(=O)C1=C(C)Nc2ncnn2[C@H]1c1ccco1. The number of anilines is 1. The molecule has 0 aliphatic carbocycles. The summed E-state index contributed by atoms with van der Waals surface area (Å²) >= 11 is 0. The molecule has 22 heavy (non-hydrogen) atoms. The molecule has 8 heteroatoms. The van der Waals surface area contributed by atoms with Gasteiger partial charge in [-0.25, -0.2) is 9.48 Å². The molecule has 1 aliphatic rings. The summed E-state index contributed by atoms with van der Waals surface area (Å²) in [7, 11) is 1.55. The number of hydrogen-bond donors (Lipinski definition) is 1. The first-order chi connectivity index (χ1) is 10.7. The first-order valence-corrected chi connectivity index (χ1v) is 6.79. The molecule has 0 radical (unpaired) electrons.